The van der Waals surface area contributed by atoms with Crippen molar-refractivity contribution in [3.8, 4) is 5.75 Å². The van der Waals surface area contributed by atoms with Crippen LogP contribution in [0, 0.1) is 0 Å². The molecule has 1 heterocycles. The maximum atomic E-state index is 11.9. The van der Waals surface area contributed by atoms with Gasteiger partial charge in [0.1, 0.15) is 5.75 Å². The monoisotopic (exact) mass is 334 g/mol. The van der Waals surface area contributed by atoms with Crippen molar-refractivity contribution in [2.45, 2.75) is 13.5 Å². The molecule has 2 aromatic rings. The summed E-state index contributed by atoms with van der Waals surface area (Å²) >= 11 is 0. The molecule has 1 aromatic heterocycles. The predicted octanol–water partition coefficient (Wildman–Crippen LogP) is 0.671. The minimum absolute atomic E-state index is 0.0278. The number of aliphatic hydroxyl groups is 1. The van der Waals surface area contributed by atoms with Gasteiger partial charge in [-0.25, -0.2) is 0 Å². The lowest BCUT2D eigenvalue weighted by Gasteiger charge is -2.11. The number of carbonyl (C=O) groups excluding carboxylic acids is 2. The van der Waals surface area contributed by atoms with Crippen LogP contribution < -0.4 is 10.1 Å². The zero-order valence-corrected chi connectivity index (χ0v) is 13.4. The Morgan fingerprint density at radius 3 is 2.67 bits per heavy atom. The van der Waals surface area contributed by atoms with Gasteiger partial charge in [-0.3, -0.25) is 9.59 Å². The second kappa shape index (κ2) is 8.06. The molecule has 0 atom stereocenters. The highest BCUT2D eigenvalue weighted by Crippen LogP contribution is 2.16. The van der Waals surface area contributed by atoms with Crippen LogP contribution in [-0.4, -0.2) is 52.2 Å². The molecule has 2 amide bonds. The van der Waals surface area contributed by atoms with Gasteiger partial charge in [0.15, 0.2) is 6.61 Å². The van der Waals surface area contributed by atoms with E-state index in [2.05, 4.69) is 15.5 Å². The first-order valence-corrected chi connectivity index (χ1v) is 7.19. The standard InChI is InChI=1S/C15H18N4O5/c1-10(21)16-11-3-5-12(6-4-11)23-9-13-17-14(24-18-13)15(22)19(2)7-8-20/h3-6,20H,7-9H2,1-2H3,(H,16,21). The molecule has 2 N–H and O–H groups in total. The number of nitrogens with one attached hydrogen (secondary N) is 1. The summed E-state index contributed by atoms with van der Waals surface area (Å²) in [6.45, 7) is 1.48. The predicted molar refractivity (Wildman–Crippen MR) is 83.4 cm³/mol. The number of hydrogen-bond acceptors (Lipinski definition) is 7. The Labute approximate surface area is 138 Å². The molecule has 1 aromatic carbocycles. The molecular weight excluding hydrogens is 316 g/mol. The quantitative estimate of drug-likeness (QED) is 0.764. The number of benzene rings is 1. The van der Waals surface area contributed by atoms with Crippen LogP contribution in [0.4, 0.5) is 5.69 Å². The third kappa shape index (κ3) is 4.78. The topological polar surface area (TPSA) is 118 Å². The number of anilines is 1. The molecule has 0 aliphatic carbocycles. The summed E-state index contributed by atoms with van der Waals surface area (Å²) in [6, 6.07) is 6.77. The number of aromatic nitrogens is 2. The number of aliphatic hydroxyl groups excluding tert-OH is 1. The Kier molecular flexibility index (Phi) is 5.85. The minimum Gasteiger partial charge on any atom is -0.485 e. The molecule has 9 heteroatoms. The van der Waals surface area contributed by atoms with Gasteiger partial charge >= 0.3 is 11.8 Å². The van der Waals surface area contributed by atoms with E-state index < -0.39 is 5.91 Å². The highest BCUT2D eigenvalue weighted by atomic mass is 16.5. The third-order valence-corrected chi connectivity index (χ3v) is 2.98. The zero-order chi connectivity index (χ0) is 17.5. The first-order valence-electron chi connectivity index (χ1n) is 7.19. The van der Waals surface area contributed by atoms with E-state index in [9.17, 15) is 9.59 Å². The van der Waals surface area contributed by atoms with Crippen molar-refractivity contribution < 1.29 is 24.0 Å². The Bertz CT molecular complexity index is 698. The molecule has 0 spiro atoms. The number of amides is 2. The number of nitrogens with zero attached hydrogens (tertiary/aromatic N) is 3. The second-order valence-corrected chi connectivity index (χ2v) is 4.96. The van der Waals surface area contributed by atoms with Gasteiger partial charge < -0.3 is 24.6 Å². The van der Waals surface area contributed by atoms with Crippen LogP contribution in [0.1, 0.15) is 23.4 Å². The number of likely N-dealkylation sites (N-methyl/N-ethyl adjacent to an activating group) is 1. The van der Waals surface area contributed by atoms with Crippen LogP contribution in [0.5, 0.6) is 5.75 Å². The van der Waals surface area contributed by atoms with E-state index in [-0.39, 0.29) is 37.4 Å². The van der Waals surface area contributed by atoms with Crippen LogP contribution in [0.3, 0.4) is 0 Å². The van der Waals surface area contributed by atoms with Crippen molar-refractivity contribution in [3.63, 3.8) is 0 Å². The van der Waals surface area contributed by atoms with Crippen LogP contribution >= 0.6 is 0 Å². The maximum Gasteiger partial charge on any atom is 0.316 e. The molecule has 0 aliphatic rings. The first kappa shape index (κ1) is 17.4. The summed E-state index contributed by atoms with van der Waals surface area (Å²) in [5.74, 6) is -0.00675. The van der Waals surface area contributed by atoms with Crippen molar-refractivity contribution in [3.05, 3.63) is 36.0 Å². The van der Waals surface area contributed by atoms with E-state index in [0.717, 1.165) is 0 Å². The number of carbonyl (C=O) groups is 2. The van der Waals surface area contributed by atoms with Crippen molar-refractivity contribution in [2.75, 3.05) is 25.5 Å². The minimum atomic E-state index is -0.470. The third-order valence-electron chi connectivity index (χ3n) is 2.98. The average molecular weight is 334 g/mol. The molecular formula is C15H18N4O5. The fourth-order valence-corrected chi connectivity index (χ4v) is 1.80. The van der Waals surface area contributed by atoms with Gasteiger partial charge in [0.25, 0.3) is 0 Å². The van der Waals surface area contributed by atoms with E-state index in [1.54, 1.807) is 24.3 Å². The van der Waals surface area contributed by atoms with E-state index in [0.29, 0.717) is 11.4 Å². The molecule has 128 valence electrons. The van der Waals surface area contributed by atoms with Gasteiger partial charge in [-0.1, -0.05) is 5.16 Å². The molecule has 0 unspecified atom stereocenters. The smallest absolute Gasteiger partial charge is 0.316 e. The molecule has 0 fully saturated rings. The summed E-state index contributed by atoms with van der Waals surface area (Å²) < 4.78 is 10.4. The molecule has 2 rings (SSSR count). The first-order chi connectivity index (χ1) is 11.5. The fourth-order valence-electron chi connectivity index (χ4n) is 1.80. The average Bonchev–Trinajstić information content (AvgIpc) is 3.02. The van der Waals surface area contributed by atoms with Crippen LogP contribution in [-0.2, 0) is 11.4 Å². The van der Waals surface area contributed by atoms with Gasteiger partial charge in [-0.15, -0.1) is 0 Å². The zero-order valence-electron chi connectivity index (χ0n) is 13.4. The van der Waals surface area contributed by atoms with Crippen molar-refractivity contribution in [1.82, 2.24) is 15.0 Å². The number of hydrogen-bond donors (Lipinski definition) is 2. The molecule has 0 aliphatic heterocycles. The van der Waals surface area contributed by atoms with Crippen LogP contribution in [0.15, 0.2) is 28.8 Å². The molecule has 24 heavy (non-hydrogen) atoms. The highest BCUT2D eigenvalue weighted by molar-refractivity contribution is 5.89. The molecule has 0 radical (unpaired) electrons. The van der Waals surface area contributed by atoms with E-state index in [1.165, 1.54) is 18.9 Å². The van der Waals surface area contributed by atoms with Gasteiger partial charge in [0.2, 0.25) is 11.7 Å². The normalized spacial score (nSPS) is 10.3. The van der Waals surface area contributed by atoms with Crippen LogP contribution in [0.25, 0.3) is 0 Å². The number of rotatable bonds is 7. The van der Waals surface area contributed by atoms with E-state index >= 15 is 0 Å². The Morgan fingerprint density at radius 2 is 2.04 bits per heavy atom. The summed E-state index contributed by atoms with van der Waals surface area (Å²) in [6.07, 6.45) is 0. The summed E-state index contributed by atoms with van der Waals surface area (Å²) in [5, 5.41) is 15.1. The Hall–Kier alpha value is -2.94. The van der Waals surface area contributed by atoms with Gasteiger partial charge in [-0.2, -0.15) is 4.98 Å². The summed E-state index contributed by atoms with van der Waals surface area (Å²) in [7, 11) is 1.52. The second-order valence-electron chi connectivity index (χ2n) is 4.96. The summed E-state index contributed by atoms with van der Waals surface area (Å²) in [5.41, 5.74) is 0.661. The van der Waals surface area contributed by atoms with Crippen molar-refractivity contribution in [2.24, 2.45) is 0 Å². The fraction of sp³-hybridized carbons (Fsp3) is 0.333. The van der Waals surface area contributed by atoms with Gasteiger partial charge in [0, 0.05) is 26.2 Å². The van der Waals surface area contributed by atoms with Crippen molar-refractivity contribution in [1.29, 1.82) is 0 Å². The van der Waals surface area contributed by atoms with Gasteiger partial charge in [0.05, 0.1) is 6.61 Å². The highest BCUT2D eigenvalue weighted by Gasteiger charge is 2.19. The molecule has 9 nitrogen and oxygen atoms in total. The Balaban J connectivity index is 1.91. The van der Waals surface area contributed by atoms with Crippen LogP contribution in [0.2, 0.25) is 0 Å². The molecule has 0 bridgehead atoms. The van der Waals surface area contributed by atoms with Crippen molar-refractivity contribution >= 4 is 17.5 Å². The molecule has 0 saturated heterocycles. The SMILES string of the molecule is CC(=O)Nc1ccc(OCc2noc(C(=O)N(C)CCO)n2)cc1. The van der Waals surface area contributed by atoms with Gasteiger partial charge in [-0.05, 0) is 24.3 Å². The largest absolute Gasteiger partial charge is 0.485 e. The number of ether oxygens (including phenoxy) is 1. The lowest BCUT2D eigenvalue weighted by molar-refractivity contribution is -0.114. The lowest BCUT2D eigenvalue weighted by Crippen LogP contribution is -2.29. The van der Waals surface area contributed by atoms with E-state index in [4.69, 9.17) is 14.4 Å². The molecule has 0 saturated carbocycles. The lowest BCUT2D eigenvalue weighted by atomic mass is 10.3. The maximum absolute atomic E-state index is 11.9. The van der Waals surface area contributed by atoms with E-state index in [1.807, 2.05) is 0 Å². The Morgan fingerprint density at radius 1 is 1.33 bits per heavy atom. The summed E-state index contributed by atoms with van der Waals surface area (Å²) in [4.78, 5) is 28.1.